The summed E-state index contributed by atoms with van der Waals surface area (Å²) in [7, 11) is 0. The van der Waals surface area contributed by atoms with Crippen molar-refractivity contribution in [3.8, 4) is 11.7 Å². The molecule has 0 saturated carbocycles. The molecule has 4 aromatic rings. The molecule has 0 spiro atoms. The van der Waals surface area contributed by atoms with Gasteiger partial charge in [-0.2, -0.15) is 0 Å². The smallest absolute Gasteiger partial charge is 0.350 e. The van der Waals surface area contributed by atoms with Crippen LogP contribution in [0, 0.1) is 12.3 Å². The van der Waals surface area contributed by atoms with Crippen LogP contribution in [0.15, 0.2) is 65.7 Å². The summed E-state index contributed by atoms with van der Waals surface area (Å²) >= 11 is 0. The van der Waals surface area contributed by atoms with Crippen molar-refractivity contribution in [2.45, 2.75) is 26.8 Å². The molecule has 192 valence electrons. The molecular formula is C25H28N8O4. The Morgan fingerprint density at radius 3 is 2.46 bits per heavy atom. The zero-order valence-electron chi connectivity index (χ0n) is 20.6. The minimum absolute atomic E-state index is 0.0101. The van der Waals surface area contributed by atoms with Crippen molar-refractivity contribution in [1.29, 1.82) is 5.41 Å². The molecule has 0 amide bonds. The summed E-state index contributed by atoms with van der Waals surface area (Å²) in [6, 6.07) is 14.2. The number of aryl methyl sites for hydroxylation is 1. The Kier molecular flexibility index (Phi) is 8.71. The second-order valence-corrected chi connectivity index (χ2v) is 7.88. The lowest BCUT2D eigenvalue weighted by Crippen LogP contribution is -2.18. The lowest BCUT2D eigenvalue weighted by Gasteiger charge is -2.20. The number of hydrogen-bond acceptors (Lipinski definition) is 8. The molecule has 2 aromatic carbocycles. The fourth-order valence-corrected chi connectivity index (χ4v) is 3.42. The van der Waals surface area contributed by atoms with Crippen LogP contribution >= 0.6 is 0 Å². The number of hydrogen-bond donors (Lipinski definition) is 5. The zero-order chi connectivity index (χ0) is 26.9. The van der Waals surface area contributed by atoms with Crippen molar-refractivity contribution in [1.82, 2.24) is 24.7 Å². The van der Waals surface area contributed by atoms with Crippen LogP contribution in [0.1, 0.15) is 42.4 Å². The van der Waals surface area contributed by atoms with Gasteiger partial charge in [0.1, 0.15) is 17.6 Å². The first-order chi connectivity index (χ1) is 17.7. The van der Waals surface area contributed by atoms with Crippen molar-refractivity contribution in [2.75, 3.05) is 11.9 Å². The number of carboxylic acids is 1. The maximum Gasteiger partial charge on any atom is 0.350 e. The number of nitrogens with zero attached hydrogens (tertiary/aromatic N) is 4. The standard InChI is InChI=1S/C23H24N8O2.C2H4O2/c1-3-33-18-12-14(2)11-16(13-18)19(28-17-7-5-15(6-8-17)20(24)25)21-29-23(32)31(30-21)22-26-9-4-10-27-22;1-2(3)4/h4-13,19,28H,3H2,1-2H3,(H3,24,25)(H,29,30,32);1H3,(H,3,4). The van der Waals surface area contributed by atoms with Gasteiger partial charge in [0.15, 0.2) is 5.82 Å². The number of anilines is 1. The van der Waals surface area contributed by atoms with E-state index in [1.165, 1.54) is 0 Å². The highest BCUT2D eigenvalue weighted by Crippen LogP contribution is 2.28. The summed E-state index contributed by atoms with van der Waals surface area (Å²) in [5.41, 5.74) is 8.35. The average molecular weight is 505 g/mol. The number of amidine groups is 1. The molecule has 4 rings (SSSR count). The van der Waals surface area contributed by atoms with E-state index in [-0.39, 0.29) is 11.8 Å². The van der Waals surface area contributed by atoms with Gasteiger partial charge in [-0.1, -0.05) is 6.07 Å². The highest BCUT2D eigenvalue weighted by atomic mass is 16.5. The van der Waals surface area contributed by atoms with Gasteiger partial charge < -0.3 is 20.9 Å². The largest absolute Gasteiger partial charge is 0.494 e. The maximum absolute atomic E-state index is 12.7. The van der Waals surface area contributed by atoms with E-state index in [9.17, 15) is 4.79 Å². The fourth-order valence-electron chi connectivity index (χ4n) is 3.42. The normalized spacial score (nSPS) is 11.1. The Hall–Kier alpha value is -5.00. The maximum atomic E-state index is 12.7. The molecule has 0 fully saturated rings. The van der Waals surface area contributed by atoms with E-state index < -0.39 is 17.7 Å². The molecule has 0 bridgehead atoms. The summed E-state index contributed by atoms with van der Waals surface area (Å²) in [5.74, 6) is 0.438. The van der Waals surface area contributed by atoms with Crippen molar-refractivity contribution in [3.05, 3.63) is 93.9 Å². The van der Waals surface area contributed by atoms with E-state index in [1.54, 1.807) is 30.6 Å². The predicted octanol–water partition coefficient (Wildman–Crippen LogP) is 2.63. The summed E-state index contributed by atoms with van der Waals surface area (Å²) in [6.45, 7) is 5.52. The van der Waals surface area contributed by atoms with Crippen molar-refractivity contribution in [3.63, 3.8) is 0 Å². The second-order valence-electron chi connectivity index (χ2n) is 7.88. The number of nitrogen functional groups attached to an aromatic ring is 1. The topological polar surface area (TPSA) is 185 Å². The summed E-state index contributed by atoms with van der Waals surface area (Å²) < 4.78 is 6.85. The van der Waals surface area contributed by atoms with Gasteiger partial charge in [0, 0.05) is 30.6 Å². The van der Waals surface area contributed by atoms with Crippen molar-refractivity contribution in [2.24, 2.45) is 5.73 Å². The Labute approximate surface area is 212 Å². The zero-order valence-corrected chi connectivity index (χ0v) is 20.6. The van der Waals surface area contributed by atoms with Crippen LogP contribution in [0.25, 0.3) is 5.95 Å². The van der Waals surface area contributed by atoms with Gasteiger partial charge in [0.05, 0.1) is 6.61 Å². The monoisotopic (exact) mass is 504 g/mol. The molecule has 12 heteroatoms. The highest BCUT2D eigenvalue weighted by molar-refractivity contribution is 5.95. The molecule has 2 aromatic heterocycles. The Bertz CT molecular complexity index is 1410. The molecule has 37 heavy (non-hydrogen) atoms. The highest BCUT2D eigenvalue weighted by Gasteiger charge is 2.22. The predicted molar refractivity (Wildman–Crippen MR) is 138 cm³/mol. The molecule has 0 aliphatic carbocycles. The van der Waals surface area contributed by atoms with Gasteiger partial charge >= 0.3 is 5.69 Å². The summed E-state index contributed by atoms with van der Waals surface area (Å²) in [5, 5.41) is 22.9. The molecule has 12 nitrogen and oxygen atoms in total. The van der Waals surface area contributed by atoms with Crippen LogP contribution < -0.4 is 21.5 Å². The minimum Gasteiger partial charge on any atom is -0.494 e. The van der Waals surface area contributed by atoms with E-state index in [4.69, 9.17) is 25.8 Å². The molecule has 1 unspecified atom stereocenters. The number of aliphatic carboxylic acids is 1. The number of ether oxygens (including phenoxy) is 1. The Balaban J connectivity index is 0.000000886. The number of carbonyl (C=O) groups is 1. The molecule has 6 N–H and O–H groups in total. The van der Waals surface area contributed by atoms with Crippen LogP contribution in [0.2, 0.25) is 0 Å². The molecular weight excluding hydrogens is 476 g/mol. The van der Waals surface area contributed by atoms with Crippen LogP contribution in [0.5, 0.6) is 5.75 Å². The van der Waals surface area contributed by atoms with E-state index in [0.29, 0.717) is 18.0 Å². The van der Waals surface area contributed by atoms with E-state index >= 15 is 0 Å². The number of carboxylic acid groups (broad SMARTS) is 1. The minimum atomic E-state index is -0.833. The number of H-pyrrole nitrogens is 1. The third-order valence-electron chi connectivity index (χ3n) is 4.87. The average Bonchev–Trinajstić information content (AvgIpc) is 3.24. The van der Waals surface area contributed by atoms with Crippen LogP contribution in [-0.4, -0.2) is 48.3 Å². The molecule has 1 atom stereocenters. The van der Waals surface area contributed by atoms with Crippen LogP contribution in [-0.2, 0) is 4.79 Å². The number of rotatable bonds is 8. The van der Waals surface area contributed by atoms with Crippen molar-refractivity contribution < 1.29 is 14.6 Å². The summed E-state index contributed by atoms with van der Waals surface area (Å²) in [6.07, 6.45) is 3.09. The Morgan fingerprint density at radius 2 is 1.86 bits per heavy atom. The number of nitrogens with two attached hydrogens (primary N) is 1. The van der Waals surface area contributed by atoms with Gasteiger partial charge in [-0.25, -0.2) is 14.8 Å². The molecule has 2 heterocycles. The van der Waals surface area contributed by atoms with E-state index in [0.717, 1.165) is 34.2 Å². The van der Waals surface area contributed by atoms with E-state index in [2.05, 4.69) is 25.4 Å². The van der Waals surface area contributed by atoms with Gasteiger partial charge in [-0.15, -0.1) is 9.78 Å². The first kappa shape index (κ1) is 26.6. The first-order valence-electron chi connectivity index (χ1n) is 11.3. The fraction of sp³-hybridized carbons (Fsp3) is 0.200. The summed E-state index contributed by atoms with van der Waals surface area (Å²) in [4.78, 5) is 32.7. The lowest BCUT2D eigenvalue weighted by molar-refractivity contribution is -0.134. The SMILES string of the molecule is CC(=O)O.CCOc1cc(C)cc(C(Nc2ccc(C(=N)N)cc2)c2nn(-c3ncccn3)c(=O)[nH]2)c1. The molecule has 0 aliphatic heterocycles. The lowest BCUT2D eigenvalue weighted by atomic mass is 10.0. The second kappa shape index (κ2) is 12.1. The van der Waals surface area contributed by atoms with Gasteiger partial charge in [-0.05, 0) is 67.4 Å². The molecule has 0 saturated heterocycles. The van der Waals surface area contributed by atoms with Gasteiger partial charge in [0.25, 0.3) is 11.9 Å². The number of aromatic nitrogens is 5. The number of aromatic amines is 1. The van der Waals surface area contributed by atoms with Crippen LogP contribution in [0.3, 0.4) is 0 Å². The van der Waals surface area contributed by atoms with Crippen molar-refractivity contribution >= 4 is 17.5 Å². The van der Waals surface area contributed by atoms with Crippen LogP contribution in [0.4, 0.5) is 5.69 Å². The van der Waals surface area contributed by atoms with E-state index in [1.807, 2.05) is 44.2 Å². The third-order valence-corrected chi connectivity index (χ3v) is 4.87. The Morgan fingerprint density at radius 1 is 1.22 bits per heavy atom. The molecule has 0 aliphatic rings. The third kappa shape index (κ3) is 7.24. The van der Waals surface area contributed by atoms with Gasteiger partial charge in [0.2, 0.25) is 0 Å². The first-order valence-corrected chi connectivity index (χ1v) is 11.3. The van der Waals surface area contributed by atoms with Gasteiger partial charge in [-0.3, -0.25) is 15.2 Å². The number of benzene rings is 2. The number of nitrogens with one attached hydrogen (secondary N) is 3. The molecule has 0 radical (unpaired) electrons. The quantitative estimate of drug-likeness (QED) is 0.178.